The van der Waals surface area contributed by atoms with E-state index in [1.165, 1.54) is 11.3 Å². The van der Waals surface area contributed by atoms with Gasteiger partial charge in [0.1, 0.15) is 6.04 Å². The van der Waals surface area contributed by atoms with E-state index in [4.69, 9.17) is 10.8 Å². The Morgan fingerprint density at radius 2 is 2.19 bits per heavy atom. The smallest absolute Gasteiger partial charge is 0.320 e. The zero-order valence-corrected chi connectivity index (χ0v) is 9.35. The van der Waals surface area contributed by atoms with E-state index < -0.39 is 12.0 Å². The largest absolute Gasteiger partial charge is 0.480 e. The monoisotopic (exact) mass is 236 g/mol. The first-order valence-corrected chi connectivity index (χ1v) is 5.74. The maximum atomic E-state index is 10.7. The number of hydrogen-bond acceptors (Lipinski definition) is 3. The first-order valence-electron chi connectivity index (χ1n) is 4.86. The highest BCUT2D eigenvalue weighted by Crippen LogP contribution is 2.22. The molecule has 0 fully saturated rings. The van der Waals surface area contributed by atoms with Crippen molar-refractivity contribution in [2.75, 3.05) is 0 Å². The van der Waals surface area contributed by atoms with Gasteiger partial charge in [0.2, 0.25) is 0 Å². The van der Waals surface area contributed by atoms with Crippen molar-refractivity contribution in [2.45, 2.75) is 12.5 Å². The predicted molar refractivity (Wildman–Crippen MR) is 63.0 cm³/mol. The van der Waals surface area contributed by atoms with Gasteiger partial charge in [0.05, 0.1) is 5.69 Å². The van der Waals surface area contributed by atoms with Gasteiger partial charge >= 0.3 is 5.97 Å². The van der Waals surface area contributed by atoms with Crippen LogP contribution >= 0.6 is 11.3 Å². The molecule has 0 radical (unpaired) electrons. The molecule has 0 saturated heterocycles. The van der Waals surface area contributed by atoms with E-state index in [0.29, 0.717) is 6.42 Å². The highest BCUT2D eigenvalue weighted by Gasteiger charge is 2.15. The fourth-order valence-electron chi connectivity index (χ4n) is 1.50. The van der Waals surface area contributed by atoms with Gasteiger partial charge in [-0.2, -0.15) is 0 Å². The summed E-state index contributed by atoms with van der Waals surface area (Å²) in [6.45, 7) is 0. The van der Waals surface area contributed by atoms with Crippen LogP contribution in [0.2, 0.25) is 0 Å². The number of nitrogens with two attached hydrogens (primary N) is 1. The average molecular weight is 236 g/mol. The maximum absolute atomic E-state index is 10.7. The Bertz CT molecular complexity index is 476. The fourth-order valence-corrected chi connectivity index (χ4v) is 2.43. The molecule has 2 rings (SSSR count). The molecule has 0 spiro atoms. The summed E-state index contributed by atoms with van der Waals surface area (Å²) in [7, 11) is 0. The summed E-state index contributed by atoms with van der Waals surface area (Å²) < 4.78 is 1.96. The second kappa shape index (κ2) is 4.51. The summed E-state index contributed by atoms with van der Waals surface area (Å²) in [5, 5.41) is 10.7. The zero-order valence-electron chi connectivity index (χ0n) is 8.54. The Morgan fingerprint density at radius 3 is 2.81 bits per heavy atom. The van der Waals surface area contributed by atoms with Crippen LogP contribution in [0, 0.1) is 0 Å². The van der Waals surface area contributed by atoms with Crippen molar-refractivity contribution in [1.29, 1.82) is 0 Å². The van der Waals surface area contributed by atoms with Crippen LogP contribution < -0.4 is 5.73 Å². The van der Waals surface area contributed by atoms with Crippen molar-refractivity contribution in [2.24, 2.45) is 5.73 Å². The molecule has 0 bridgehead atoms. The Labute approximate surface area is 96.9 Å². The van der Waals surface area contributed by atoms with Gasteiger partial charge in [-0.25, -0.2) is 0 Å². The molecule has 0 aliphatic rings. The molecule has 0 aliphatic heterocycles. The van der Waals surface area contributed by atoms with Gasteiger partial charge in [0.25, 0.3) is 0 Å². The minimum absolute atomic E-state index is 0.362. The number of thiophene rings is 1. The third-order valence-electron chi connectivity index (χ3n) is 2.33. The molecule has 1 unspecified atom stereocenters. The van der Waals surface area contributed by atoms with Crippen molar-refractivity contribution < 1.29 is 9.90 Å². The number of carboxylic acid groups (broad SMARTS) is 1. The third-order valence-corrected chi connectivity index (χ3v) is 3.26. The Hall–Kier alpha value is -1.59. The predicted octanol–water partition coefficient (Wildman–Crippen LogP) is 1.49. The van der Waals surface area contributed by atoms with E-state index in [2.05, 4.69) is 0 Å². The molecule has 5 heteroatoms. The second-order valence-electron chi connectivity index (χ2n) is 3.47. The first kappa shape index (κ1) is 10.9. The lowest BCUT2D eigenvalue weighted by Gasteiger charge is -2.08. The molecule has 0 saturated carbocycles. The SMILES string of the molecule is NC(Cc1sccc1-n1cccc1)C(=O)O. The van der Waals surface area contributed by atoms with Crippen LogP contribution in [0.3, 0.4) is 0 Å². The van der Waals surface area contributed by atoms with Crippen LogP contribution in [0.15, 0.2) is 36.0 Å². The normalized spacial score (nSPS) is 12.6. The van der Waals surface area contributed by atoms with Crippen molar-refractivity contribution in [3.8, 4) is 5.69 Å². The topological polar surface area (TPSA) is 68.2 Å². The van der Waals surface area contributed by atoms with Crippen molar-refractivity contribution >= 4 is 17.3 Å². The number of nitrogens with zero attached hydrogens (tertiary/aromatic N) is 1. The summed E-state index contributed by atoms with van der Waals surface area (Å²) in [4.78, 5) is 11.7. The number of carboxylic acids is 1. The molecular weight excluding hydrogens is 224 g/mol. The minimum Gasteiger partial charge on any atom is -0.480 e. The molecule has 4 nitrogen and oxygen atoms in total. The van der Waals surface area contributed by atoms with Crippen molar-refractivity contribution in [1.82, 2.24) is 4.57 Å². The average Bonchev–Trinajstić information content (AvgIpc) is 2.85. The van der Waals surface area contributed by atoms with Gasteiger partial charge in [0.15, 0.2) is 0 Å². The molecular formula is C11H12N2O2S. The third kappa shape index (κ3) is 2.15. The van der Waals surface area contributed by atoms with E-state index in [9.17, 15) is 4.79 Å². The Kier molecular flexibility index (Phi) is 3.07. The van der Waals surface area contributed by atoms with E-state index in [1.807, 2.05) is 40.5 Å². The first-order chi connectivity index (χ1) is 7.68. The summed E-state index contributed by atoms with van der Waals surface area (Å²) >= 11 is 1.53. The molecule has 2 aromatic rings. The van der Waals surface area contributed by atoms with E-state index in [1.54, 1.807) is 0 Å². The lowest BCUT2D eigenvalue weighted by atomic mass is 10.2. The molecule has 3 N–H and O–H groups in total. The molecule has 84 valence electrons. The lowest BCUT2D eigenvalue weighted by Crippen LogP contribution is -2.32. The van der Waals surface area contributed by atoms with Gasteiger partial charge < -0.3 is 15.4 Å². The standard InChI is InChI=1S/C11H12N2O2S/c12-8(11(14)15)7-10-9(3-6-16-10)13-4-1-2-5-13/h1-6,8H,7,12H2,(H,14,15). The molecule has 2 heterocycles. The van der Waals surface area contributed by atoms with Gasteiger partial charge in [0, 0.05) is 23.7 Å². The van der Waals surface area contributed by atoms with Gasteiger partial charge in [-0.3, -0.25) is 4.79 Å². The van der Waals surface area contributed by atoms with E-state index >= 15 is 0 Å². The molecule has 2 aromatic heterocycles. The highest BCUT2D eigenvalue weighted by molar-refractivity contribution is 7.10. The van der Waals surface area contributed by atoms with E-state index in [-0.39, 0.29) is 0 Å². The Morgan fingerprint density at radius 1 is 1.50 bits per heavy atom. The van der Waals surface area contributed by atoms with Gasteiger partial charge in [-0.05, 0) is 23.6 Å². The Balaban J connectivity index is 2.23. The molecule has 0 aromatic carbocycles. The van der Waals surface area contributed by atoms with Crippen molar-refractivity contribution in [3.05, 3.63) is 40.8 Å². The van der Waals surface area contributed by atoms with Crippen LogP contribution in [0.5, 0.6) is 0 Å². The fraction of sp³-hybridized carbons (Fsp3) is 0.182. The molecule has 0 amide bonds. The summed E-state index contributed by atoms with van der Waals surface area (Å²) in [6, 6.07) is 4.99. The number of hydrogen-bond donors (Lipinski definition) is 2. The van der Waals surface area contributed by atoms with Crippen LogP contribution in [0.25, 0.3) is 5.69 Å². The lowest BCUT2D eigenvalue weighted by molar-refractivity contribution is -0.138. The number of rotatable bonds is 4. The number of aliphatic carboxylic acids is 1. The van der Waals surface area contributed by atoms with Crippen LogP contribution in [0.1, 0.15) is 4.88 Å². The quantitative estimate of drug-likeness (QED) is 0.845. The number of carbonyl (C=O) groups is 1. The minimum atomic E-state index is -0.966. The second-order valence-corrected chi connectivity index (χ2v) is 4.47. The molecule has 16 heavy (non-hydrogen) atoms. The highest BCUT2D eigenvalue weighted by atomic mass is 32.1. The molecule has 0 aliphatic carbocycles. The van der Waals surface area contributed by atoms with Crippen molar-refractivity contribution in [3.63, 3.8) is 0 Å². The zero-order chi connectivity index (χ0) is 11.5. The van der Waals surface area contributed by atoms with Crippen LogP contribution in [-0.4, -0.2) is 21.7 Å². The van der Waals surface area contributed by atoms with Gasteiger partial charge in [-0.1, -0.05) is 0 Å². The number of aromatic nitrogens is 1. The molecule has 1 atom stereocenters. The van der Waals surface area contributed by atoms with Gasteiger partial charge in [-0.15, -0.1) is 11.3 Å². The van der Waals surface area contributed by atoms with Crippen LogP contribution in [-0.2, 0) is 11.2 Å². The maximum Gasteiger partial charge on any atom is 0.320 e. The van der Waals surface area contributed by atoms with Crippen LogP contribution in [0.4, 0.5) is 0 Å². The van der Waals surface area contributed by atoms with E-state index in [0.717, 1.165) is 10.6 Å². The summed E-state index contributed by atoms with van der Waals surface area (Å²) in [5.74, 6) is -0.966. The summed E-state index contributed by atoms with van der Waals surface area (Å²) in [5.41, 5.74) is 6.53. The summed E-state index contributed by atoms with van der Waals surface area (Å²) in [6.07, 6.45) is 4.22.